The van der Waals surface area contributed by atoms with Crippen LogP contribution in [0.2, 0.25) is 0 Å². The van der Waals surface area contributed by atoms with Crippen molar-refractivity contribution in [1.29, 1.82) is 5.26 Å². The van der Waals surface area contributed by atoms with Gasteiger partial charge in [0.15, 0.2) is 5.69 Å². The molecule has 8 heteroatoms. The molecule has 0 amide bonds. The Kier molecular flexibility index (Phi) is 2.98. The largest absolute Gasteiger partial charge is 0.433 e. The summed E-state index contributed by atoms with van der Waals surface area (Å²) >= 11 is 0. The van der Waals surface area contributed by atoms with Gasteiger partial charge >= 0.3 is 6.18 Å². The van der Waals surface area contributed by atoms with Crippen molar-refractivity contribution in [3.8, 4) is 6.07 Å². The van der Waals surface area contributed by atoms with E-state index >= 15 is 0 Å². The minimum Gasteiger partial charge on any atom is -0.383 e. The summed E-state index contributed by atoms with van der Waals surface area (Å²) in [6.07, 6.45) is -8.41. The lowest BCUT2D eigenvalue weighted by Gasteiger charge is -2.12. The van der Waals surface area contributed by atoms with E-state index in [4.69, 9.17) is 11.0 Å². The first-order valence-electron chi connectivity index (χ1n) is 3.83. The van der Waals surface area contributed by atoms with Gasteiger partial charge in [-0.3, -0.25) is 0 Å². The molecule has 0 atom stereocenters. The minimum atomic E-state index is -5.03. The number of aromatic nitrogens is 1. The molecular weight excluding hydrogens is 233 g/mol. The Bertz CT molecular complexity index is 446. The fourth-order valence-electron chi connectivity index (χ4n) is 1.03. The van der Waals surface area contributed by atoms with E-state index in [1.54, 1.807) is 0 Å². The molecule has 2 N–H and O–H groups in total. The van der Waals surface area contributed by atoms with Gasteiger partial charge in [-0.25, -0.2) is 13.8 Å². The van der Waals surface area contributed by atoms with E-state index in [1.807, 2.05) is 0 Å². The van der Waals surface area contributed by atoms with E-state index in [1.165, 1.54) is 6.07 Å². The number of alkyl halides is 5. The second-order valence-corrected chi connectivity index (χ2v) is 2.77. The van der Waals surface area contributed by atoms with E-state index in [0.29, 0.717) is 6.07 Å². The highest BCUT2D eigenvalue weighted by molar-refractivity contribution is 5.51. The molecule has 1 heterocycles. The third kappa shape index (κ3) is 2.18. The van der Waals surface area contributed by atoms with Crippen LogP contribution in [0.25, 0.3) is 0 Å². The summed E-state index contributed by atoms with van der Waals surface area (Å²) < 4.78 is 61.5. The van der Waals surface area contributed by atoms with Crippen LogP contribution in [0.1, 0.15) is 23.2 Å². The van der Waals surface area contributed by atoms with E-state index < -0.39 is 35.2 Å². The van der Waals surface area contributed by atoms with E-state index in [2.05, 4.69) is 4.98 Å². The van der Waals surface area contributed by atoms with Crippen LogP contribution in [-0.4, -0.2) is 4.98 Å². The van der Waals surface area contributed by atoms with Crippen LogP contribution in [0.3, 0.4) is 0 Å². The predicted molar refractivity (Wildman–Crippen MR) is 43.3 cm³/mol. The fraction of sp³-hybridized carbons (Fsp3) is 0.250. The molecule has 0 spiro atoms. The molecule has 86 valence electrons. The predicted octanol–water partition coefficient (Wildman–Crippen LogP) is 2.49. The van der Waals surface area contributed by atoms with Gasteiger partial charge in [-0.15, -0.1) is 0 Å². The van der Waals surface area contributed by atoms with Crippen molar-refractivity contribution < 1.29 is 22.0 Å². The summed E-state index contributed by atoms with van der Waals surface area (Å²) in [4.78, 5) is 2.79. The lowest BCUT2D eigenvalue weighted by Crippen LogP contribution is -2.14. The van der Waals surface area contributed by atoms with Crippen LogP contribution in [0, 0.1) is 11.3 Å². The van der Waals surface area contributed by atoms with Crippen LogP contribution >= 0.6 is 0 Å². The second kappa shape index (κ2) is 3.92. The van der Waals surface area contributed by atoms with Crippen molar-refractivity contribution in [2.45, 2.75) is 12.6 Å². The summed E-state index contributed by atoms with van der Waals surface area (Å²) in [5.74, 6) is -0.723. The molecule has 0 aliphatic heterocycles. The molecule has 0 bridgehead atoms. The zero-order valence-corrected chi connectivity index (χ0v) is 7.52. The van der Waals surface area contributed by atoms with E-state index in [9.17, 15) is 22.0 Å². The number of hydrogen-bond donors (Lipinski definition) is 1. The van der Waals surface area contributed by atoms with Crippen LogP contribution < -0.4 is 5.73 Å². The standard InChI is InChI=1S/C8H4F5N3/c9-6(10)4-1-3(2-14)7(15)16-5(4)8(11,12)13/h1,6H,(H2,15,16). The van der Waals surface area contributed by atoms with Gasteiger partial charge < -0.3 is 5.73 Å². The number of halogens is 5. The van der Waals surface area contributed by atoms with Crippen molar-refractivity contribution in [2.24, 2.45) is 0 Å². The Morgan fingerprint density at radius 3 is 2.31 bits per heavy atom. The Balaban J connectivity index is 3.50. The Morgan fingerprint density at radius 1 is 1.38 bits per heavy atom. The van der Waals surface area contributed by atoms with Crippen LogP contribution in [0.5, 0.6) is 0 Å². The smallest absolute Gasteiger partial charge is 0.383 e. The third-order valence-electron chi connectivity index (χ3n) is 1.71. The van der Waals surface area contributed by atoms with Crippen molar-refractivity contribution in [1.82, 2.24) is 4.98 Å². The molecule has 1 rings (SSSR count). The molecule has 0 fully saturated rings. The SMILES string of the molecule is N#Cc1cc(C(F)F)c(C(F)(F)F)nc1N. The highest BCUT2D eigenvalue weighted by atomic mass is 19.4. The molecular formula is C8H4F5N3. The average Bonchev–Trinajstić information content (AvgIpc) is 2.15. The maximum absolute atomic E-state index is 12.3. The monoisotopic (exact) mass is 237 g/mol. The van der Waals surface area contributed by atoms with E-state index in [-0.39, 0.29) is 0 Å². The quantitative estimate of drug-likeness (QED) is 0.763. The number of nitriles is 1. The van der Waals surface area contributed by atoms with Crippen molar-refractivity contribution in [3.05, 3.63) is 22.9 Å². The first kappa shape index (κ1) is 12.2. The molecule has 0 unspecified atom stereocenters. The van der Waals surface area contributed by atoms with Crippen LogP contribution in [0.4, 0.5) is 27.8 Å². The molecule has 0 saturated carbocycles. The molecule has 0 aliphatic carbocycles. The normalized spacial score (nSPS) is 11.6. The molecule has 0 radical (unpaired) electrons. The van der Waals surface area contributed by atoms with Gasteiger partial charge in [-0.1, -0.05) is 0 Å². The highest BCUT2D eigenvalue weighted by Crippen LogP contribution is 2.36. The summed E-state index contributed by atoms with van der Waals surface area (Å²) in [7, 11) is 0. The second-order valence-electron chi connectivity index (χ2n) is 2.77. The Morgan fingerprint density at radius 2 is 1.94 bits per heavy atom. The minimum absolute atomic E-state index is 0.399. The maximum Gasteiger partial charge on any atom is 0.433 e. The molecule has 0 saturated heterocycles. The topological polar surface area (TPSA) is 62.7 Å². The van der Waals surface area contributed by atoms with Gasteiger partial charge in [-0.05, 0) is 6.07 Å². The molecule has 16 heavy (non-hydrogen) atoms. The van der Waals surface area contributed by atoms with Crippen molar-refractivity contribution in [3.63, 3.8) is 0 Å². The molecule has 0 aliphatic rings. The zero-order chi connectivity index (χ0) is 12.5. The summed E-state index contributed by atoms with van der Waals surface area (Å²) in [5.41, 5.74) is 1.39. The number of nitrogens with zero attached hydrogens (tertiary/aromatic N) is 2. The molecule has 3 nitrogen and oxygen atoms in total. The van der Waals surface area contributed by atoms with Gasteiger partial charge in [-0.2, -0.15) is 18.4 Å². The summed E-state index contributed by atoms with van der Waals surface area (Å²) in [5, 5.41) is 8.42. The number of nitrogens with two attached hydrogens (primary N) is 1. The zero-order valence-electron chi connectivity index (χ0n) is 7.52. The number of pyridine rings is 1. The average molecular weight is 237 g/mol. The van der Waals surface area contributed by atoms with Crippen LogP contribution in [0.15, 0.2) is 6.07 Å². The van der Waals surface area contributed by atoms with Gasteiger partial charge in [0, 0.05) is 0 Å². The Hall–Kier alpha value is -1.91. The lowest BCUT2D eigenvalue weighted by molar-refractivity contribution is -0.143. The van der Waals surface area contributed by atoms with Gasteiger partial charge in [0.25, 0.3) is 6.43 Å². The van der Waals surface area contributed by atoms with Gasteiger partial charge in [0.2, 0.25) is 0 Å². The van der Waals surface area contributed by atoms with Crippen molar-refractivity contribution in [2.75, 3.05) is 5.73 Å². The molecule has 1 aromatic rings. The first-order chi connectivity index (χ1) is 7.27. The highest BCUT2D eigenvalue weighted by Gasteiger charge is 2.38. The number of hydrogen-bond acceptors (Lipinski definition) is 3. The fourth-order valence-corrected chi connectivity index (χ4v) is 1.03. The van der Waals surface area contributed by atoms with Gasteiger partial charge in [0.05, 0.1) is 11.1 Å². The third-order valence-corrected chi connectivity index (χ3v) is 1.71. The molecule has 0 aromatic carbocycles. The maximum atomic E-state index is 12.3. The summed E-state index contributed by atoms with van der Waals surface area (Å²) in [6.45, 7) is 0. The Labute approximate surface area is 86.3 Å². The number of nitrogen functional groups attached to an aromatic ring is 1. The lowest BCUT2D eigenvalue weighted by atomic mass is 10.1. The first-order valence-corrected chi connectivity index (χ1v) is 3.83. The van der Waals surface area contributed by atoms with Gasteiger partial charge in [0.1, 0.15) is 11.9 Å². The van der Waals surface area contributed by atoms with Crippen LogP contribution in [-0.2, 0) is 6.18 Å². The number of rotatable bonds is 1. The van der Waals surface area contributed by atoms with E-state index in [0.717, 1.165) is 0 Å². The number of anilines is 1. The summed E-state index contributed by atoms with van der Waals surface area (Å²) in [6, 6.07) is 1.78. The van der Waals surface area contributed by atoms with Crippen molar-refractivity contribution >= 4 is 5.82 Å². The molecule has 1 aromatic heterocycles.